The molecule has 0 saturated carbocycles. The van der Waals surface area contributed by atoms with Crippen molar-refractivity contribution < 1.29 is 4.79 Å². The van der Waals surface area contributed by atoms with E-state index in [1.807, 2.05) is 18.3 Å². The van der Waals surface area contributed by atoms with Crippen LogP contribution in [-0.2, 0) is 0 Å². The number of pyridine rings is 1. The van der Waals surface area contributed by atoms with Gasteiger partial charge in [-0.15, -0.1) is 0 Å². The molecule has 2 aromatic heterocycles. The Morgan fingerprint density at radius 3 is 2.86 bits per heavy atom. The third kappa shape index (κ3) is 1.41. The Hall–Kier alpha value is -1.64. The van der Waals surface area contributed by atoms with Gasteiger partial charge in [-0.2, -0.15) is 5.10 Å². The number of aromatic nitrogens is 2. The second-order valence-corrected chi connectivity index (χ2v) is 3.67. The first-order valence-electron chi connectivity index (χ1n) is 4.65. The van der Waals surface area contributed by atoms with Crippen LogP contribution in [0.5, 0.6) is 0 Å². The van der Waals surface area contributed by atoms with Gasteiger partial charge in [-0.3, -0.25) is 4.79 Å². The minimum Gasteiger partial charge on any atom is -0.298 e. The van der Waals surface area contributed by atoms with Gasteiger partial charge in [0.2, 0.25) is 0 Å². The Morgan fingerprint density at radius 1 is 1.43 bits per heavy atom. The molecule has 0 fully saturated rings. The molecule has 0 atom stereocenters. The van der Waals surface area contributed by atoms with Gasteiger partial charge in [0.1, 0.15) is 6.29 Å². The molecule has 0 aliphatic carbocycles. The summed E-state index contributed by atoms with van der Waals surface area (Å²) in [7, 11) is 0. The van der Waals surface area contributed by atoms with E-state index in [1.54, 1.807) is 10.6 Å². The van der Waals surface area contributed by atoms with Crippen LogP contribution in [0.1, 0.15) is 35.8 Å². The lowest BCUT2D eigenvalue weighted by Crippen LogP contribution is -1.91. The van der Waals surface area contributed by atoms with E-state index in [0.29, 0.717) is 11.5 Å². The van der Waals surface area contributed by atoms with Crippen molar-refractivity contribution in [3.63, 3.8) is 0 Å². The van der Waals surface area contributed by atoms with E-state index < -0.39 is 0 Å². The van der Waals surface area contributed by atoms with Crippen molar-refractivity contribution in [3.8, 4) is 0 Å². The molecule has 2 rings (SSSR count). The predicted molar refractivity (Wildman–Crippen MR) is 54.7 cm³/mol. The van der Waals surface area contributed by atoms with Crippen molar-refractivity contribution >= 4 is 11.8 Å². The van der Waals surface area contributed by atoms with Crippen LogP contribution in [0.25, 0.3) is 5.52 Å². The molecule has 0 aliphatic rings. The highest BCUT2D eigenvalue weighted by Crippen LogP contribution is 2.15. The Labute approximate surface area is 82.4 Å². The van der Waals surface area contributed by atoms with Crippen molar-refractivity contribution in [2.75, 3.05) is 0 Å². The van der Waals surface area contributed by atoms with E-state index in [2.05, 4.69) is 18.9 Å². The molecule has 0 unspecified atom stereocenters. The fraction of sp³-hybridized carbons (Fsp3) is 0.273. The average Bonchev–Trinajstić information content (AvgIpc) is 2.59. The van der Waals surface area contributed by atoms with Crippen LogP contribution in [0.3, 0.4) is 0 Å². The van der Waals surface area contributed by atoms with E-state index in [-0.39, 0.29) is 0 Å². The summed E-state index contributed by atoms with van der Waals surface area (Å²) >= 11 is 0. The maximum absolute atomic E-state index is 10.6. The number of hydrogen-bond acceptors (Lipinski definition) is 2. The van der Waals surface area contributed by atoms with Crippen molar-refractivity contribution in [2.45, 2.75) is 19.8 Å². The van der Waals surface area contributed by atoms with Crippen LogP contribution in [0.4, 0.5) is 0 Å². The molecule has 3 heteroatoms. The Balaban J connectivity index is 2.59. The van der Waals surface area contributed by atoms with E-state index >= 15 is 0 Å². The monoisotopic (exact) mass is 188 g/mol. The summed E-state index contributed by atoms with van der Waals surface area (Å²) in [6, 6.07) is 5.61. The molecule has 2 aromatic rings. The van der Waals surface area contributed by atoms with E-state index in [1.165, 1.54) is 0 Å². The van der Waals surface area contributed by atoms with Gasteiger partial charge < -0.3 is 0 Å². The fourth-order valence-corrected chi connectivity index (χ4v) is 1.39. The molecule has 0 spiro atoms. The van der Waals surface area contributed by atoms with Gasteiger partial charge in [-0.25, -0.2) is 4.52 Å². The first-order chi connectivity index (χ1) is 6.70. The van der Waals surface area contributed by atoms with Gasteiger partial charge in [0, 0.05) is 11.8 Å². The summed E-state index contributed by atoms with van der Waals surface area (Å²) in [5.74, 6) is 0.412. The maximum atomic E-state index is 10.6. The molecule has 0 radical (unpaired) electrons. The van der Waals surface area contributed by atoms with Gasteiger partial charge in [-0.1, -0.05) is 13.8 Å². The van der Waals surface area contributed by atoms with Crippen LogP contribution in [0.2, 0.25) is 0 Å². The van der Waals surface area contributed by atoms with Crippen LogP contribution in [0.15, 0.2) is 24.4 Å². The maximum Gasteiger partial charge on any atom is 0.150 e. The summed E-state index contributed by atoms with van der Waals surface area (Å²) in [5, 5.41) is 4.39. The molecule has 0 saturated heterocycles. The van der Waals surface area contributed by atoms with Crippen LogP contribution < -0.4 is 0 Å². The number of fused-ring (bicyclic) bond motifs is 1. The van der Waals surface area contributed by atoms with Gasteiger partial charge >= 0.3 is 0 Å². The summed E-state index contributed by atoms with van der Waals surface area (Å²) in [6.45, 7) is 4.20. The van der Waals surface area contributed by atoms with Crippen LogP contribution in [-0.4, -0.2) is 15.9 Å². The smallest absolute Gasteiger partial charge is 0.150 e. The van der Waals surface area contributed by atoms with E-state index in [0.717, 1.165) is 17.5 Å². The van der Waals surface area contributed by atoms with E-state index in [9.17, 15) is 4.79 Å². The quantitative estimate of drug-likeness (QED) is 0.677. The topological polar surface area (TPSA) is 34.4 Å². The highest BCUT2D eigenvalue weighted by molar-refractivity contribution is 5.77. The van der Waals surface area contributed by atoms with E-state index in [4.69, 9.17) is 0 Å². The summed E-state index contributed by atoms with van der Waals surface area (Å²) < 4.78 is 1.79. The molecule has 14 heavy (non-hydrogen) atoms. The van der Waals surface area contributed by atoms with Gasteiger partial charge in [0.05, 0.1) is 11.2 Å². The SMILES string of the molecule is CC(C)c1cc2cc(C=O)ccn2n1. The molecular weight excluding hydrogens is 176 g/mol. The zero-order valence-corrected chi connectivity index (χ0v) is 8.27. The molecule has 72 valence electrons. The van der Waals surface area contributed by atoms with Gasteiger partial charge in [-0.05, 0) is 24.1 Å². The standard InChI is InChI=1S/C11H12N2O/c1-8(2)11-6-10-5-9(7-14)3-4-13(10)12-11/h3-8H,1-2H3. The third-order valence-corrected chi connectivity index (χ3v) is 2.23. The van der Waals surface area contributed by atoms with Crippen molar-refractivity contribution in [1.82, 2.24) is 9.61 Å². The zero-order valence-electron chi connectivity index (χ0n) is 8.27. The van der Waals surface area contributed by atoms with Crippen molar-refractivity contribution in [1.29, 1.82) is 0 Å². The number of rotatable bonds is 2. The lowest BCUT2D eigenvalue weighted by molar-refractivity contribution is 0.112. The number of aldehydes is 1. The van der Waals surface area contributed by atoms with Gasteiger partial charge in [0.15, 0.2) is 0 Å². The Bertz CT molecular complexity index is 471. The van der Waals surface area contributed by atoms with Crippen LogP contribution in [0, 0.1) is 0 Å². The lowest BCUT2D eigenvalue weighted by Gasteiger charge is -1.95. The Morgan fingerprint density at radius 2 is 2.21 bits per heavy atom. The molecule has 0 aliphatic heterocycles. The normalized spacial score (nSPS) is 11.1. The number of carbonyl (C=O) groups excluding carboxylic acids is 1. The Kier molecular flexibility index (Phi) is 2.08. The molecule has 3 nitrogen and oxygen atoms in total. The minimum absolute atomic E-state index is 0.412. The second kappa shape index (κ2) is 3.25. The molecule has 0 N–H and O–H groups in total. The second-order valence-electron chi connectivity index (χ2n) is 3.67. The predicted octanol–water partition coefficient (Wildman–Crippen LogP) is 2.27. The number of nitrogens with zero attached hydrogens (tertiary/aromatic N) is 2. The summed E-state index contributed by atoms with van der Waals surface area (Å²) in [5.41, 5.74) is 2.71. The zero-order chi connectivity index (χ0) is 10.1. The van der Waals surface area contributed by atoms with Crippen molar-refractivity contribution in [3.05, 3.63) is 35.7 Å². The first-order valence-corrected chi connectivity index (χ1v) is 4.65. The average molecular weight is 188 g/mol. The molecule has 2 heterocycles. The molecule has 0 amide bonds. The molecule has 0 aromatic carbocycles. The third-order valence-electron chi connectivity index (χ3n) is 2.23. The largest absolute Gasteiger partial charge is 0.298 e. The van der Waals surface area contributed by atoms with Crippen molar-refractivity contribution in [2.24, 2.45) is 0 Å². The molecule has 0 bridgehead atoms. The highest BCUT2D eigenvalue weighted by Gasteiger charge is 2.05. The van der Waals surface area contributed by atoms with Crippen LogP contribution >= 0.6 is 0 Å². The number of carbonyl (C=O) groups is 1. The number of hydrogen-bond donors (Lipinski definition) is 0. The molecular formula is C11H12N2O. The minimum atomic E-state index is 0.412. The summed E-state index contributed by atoms with van der Waals surface area (Å²) in [4.78, 5) is 10.6. The summed E-state index contributed by atoms with van der Waals surface area (Å²) in [6.07, 6.45) is 2.66. The highest BCUT2D eigenvalue weighted by atomic mass is 16.1. The van der Waals surface area contributed by atoms with Gasteiger partial charge in [0.25, 0.3) is 0 Å². The lowest BCUT2D eigenvalue weighted by atomic mass is 10.1. The first kappa shape index (κ1) is 8.94. The fourth-order valence-electron chi connectivity index (χ4n) is 1.39.